The van der Waals surface area contributed by atoms with Crippen molar-refractivity contribution in [2.45, 2.75) is 44.7 Å². The fraction of sp³-hybridized carbons (Fsp3) is 0.667. The number of ether oxygens (including phenoxy) is 1. The average Bonchev–Trinajstić information content (AvgIpc) is 2.93. The summed E-state index contributed by atoms with van der Waals surface area (Å²) in [6, 6.07) is -0.486. The second kappa shape index (κ2) is 5.87. The first kappa shape index (κ1) is 15.5. The fourth-order valence-corrected chi connectivity index (χ4v) is 2.98. The molecule has 1 N–H and O–H groups in total. The number of rotatable bonds is 5. The van der Waals surface area contributed by atoms with Gasteiger partial charge in [0, 0.05) is 22.2 Å². The molecule has 1 saturated heterocycles. The van der Waals surface area contributed by atoms with Crippen molar-refractivity contribution in [2.75, 3.05) is 13.2 Å². The van der Waals surface area contributed by atoms with Gasteiger partial charge in [0.2, 0.25) is 11.8 Å². The molecule has 2 aliphatic rings. The third kappa shape index (κ3) is 2.80. The Morgan fingerprint density at radius 2 is 2.24 bits per heavy atom. The zero-order valence-corrected chi connectivity index (χ0v) is 12.6. The zero-order chi connectivity index (χ0) is 15.6. The van der Waals surface area contributed by atoms with E-state index in [0.29, 0.717) is 19.4 Å². The molecule has 0 spiro atoms. The molecule has 2 amide bonds. The van der Waals surface area contributed by atoms with Crippen molar-refractivity contribution >= 4 is 17.8 Å². The number of esters is 1. The molecule has 2 rings (SSSR count). The van der Waals surface area contributed by atoms with Crippen LogP contribution in [0.15, 0.2) is 12.7 Å². The second-order valence-electron chi connectivity index (χ2n) is 5.60. The third-order valence-corrected chi connectivity index (χ3v) is 4.25. The van der Waals surface area contributed by atoms with Crippen LogP contribution in [0.3, 0.4) is 0 Å². The van der Waals surface area contributed by atoms with Gasteiger partial charge in [-0.15, -0.1) is 6.58 Å². The smallest absolute Gasteiger partial charge is 0.332 e. The van der Waals surface area contributed by atoms with E-state index in [4.69, 9.17) is 4.74 Å². The van der Waals surface area contributed by atoms with Crippen LogP contribution in [0.4, 0.5) is 0 Å². The van der Waals surface area contributed by atoms with Gasteiger partial charge in [0.15, 0.2) is 0 Å². The van der Waals surface area contributed by atoms with Gasteiger partial charge in [0.25, 0.3) is 0 Å². The summed E-state index contributed by atoms with van der Waals surface area (Å²) in [6.07, 6.45) is 3.60. The monoisotopic (exact) mass is 298 g/mol. The van der Waals surface area contributed by atoms with Crippen molar-refractivity contribution in [3.8, 4) is 0 Å². The van der Waals surface area contributed by atoms with E-state index < -0.39 is 17.6 Å². The van der Waals surface area contributed by atoms with Gasteiger partial charge in [-0.2, -0.15) is 0 Å². The van der Waals surface area contributed by atoms with Crippen LogP contribution in [0.2, 0.25) is 0 Å². The number of carbonyl (C=O) groups excluding carboxylic acids is 3. The molecule has 6 nitrogen and oxygen atoms in total. The Kier molecular flexibility index (Phi) is 4.34. The summed E-state index contributed by atoms with van der Waals surface area (Å²) in [4.78, 5) is 37.6. The van der Waals surface area contributed by atoms with Crippen LogP contribution >= 0.6 is 0 Å². The van der Waals surface area contributed by atoms with E-state index in [-0.39, 0.29) is 27.2 Å². The molecule has 0 unspecified atom stereocenters. The standard InChI is InChI=1S/C15H22N2O4.2H2/c1-4-11-9-15(11,14(20)21-5-2)16-13(19)12-7-6-8-17(12)10(3)18;;/h4,11-12H,1,5-9H2,2-3H3,(H,16,19);2*1H/t11-,12+,15-;;/m1../s1. The molecule has 1 aliphatic carbocycles. The number of nitrogens with one attached hydrogen (secondary N) is 1. The second-order valence-corrected chi connectivity index (χ2v) is 5.60. The van der Waals surface area contributed by atoms with E-state index in [1.165, 1.54) is 6.92 Å². The van der Waals surface area contributed by atoms with Gasteiger partial charge in [-0.3, -0.25) is 9.59 Å². The van der Waals surface area contributed by atoms with Gasteiger partial charge in [-0.1, -0.05) is 6.08 Å². The average molecular weight is 298 g/mol. The van der Waals surface area contributed by atoms with Crippen LogP contribution in [-0.4, -0.2) is 47.4 Å². The molecule has 1 saturated carbocycles. The maximum Gasteiger partial charge on any atom is 0.332 e. The molecule has 2 fully saturated rings. The Morgan fingerprint density at radius 1 is 1.52 bits per heavy atom. The van der Waals surface area contributed by atoms with Crippen LogP contribution in [0, 0.1) is 5.92 Å². The summed E-state index contributed by atoms with van der Waals surface area (Å²) >= 11 is 0. The van der Waals surface area contributed by atoms with Crippen molar-refractivity contribution in [3.05, 3.63) is 12.7 Å². The van der Waals surface area contributed by atoms with E-state index in [0.717, 1.165) is 6.42 Å². The van der Waals surface area contributed by atoms with E-state index >= 15 is 0 Å². The van der Waals surface area contributed by atoms with Crippen LogP contribution in [-0.2, 0) is 19.1 Å². The highest BCUT2D eigenvalue weighted by Gasteiger charge is 2.61. The van der Waals surface area contributed by atoms with E-state index in [1.807, 2.05) is 0 Å². The molecule has 3 atom stereocenters. The highest BCUT2D eigenvalue weighted by Crippen LogP contribution is 2.45. The Labute approximate surface area is 127 Å². The molecule has 0 bridgehead atoms. The maximum atomic E-state index is 12.4. The summed E-state index contributed by atoms with van der Waals surface area (Å²) in [5.41, 5.74) is -0.986. The third-order valence-electron chi connectivity index (χ3n) is 4.25. The predicted molar refractivity (Wildman–Crippen MR) is 80.4 cm³/mol. The summed E-state index contributed by atoms with van der Waals surface area (Å²) < 4.78 is 5.06. The highest BCUT2D eigenvalue weighted by atomic mass is 16.5. The zero-order valence-electron chi connectivity index (χ0n) is 12.6. The number of nitrogens with zero attached hydrogens (tertiary/aromatic N) is 1. The van der Waals surface area contributed by atoms with E-state index in [9.17, 15) is 14.4 Å². The van der Waals surface area contributed by atoms with Crippen LogP contribution in [0.25, 0.3) is 0 Å². The first-order valence-corrected chi connectivity index (χ1v) is 7.35. The van der Waals surface area contributed by atoms with Crippen LogP contribution < -0.4 is 5.32 Å². The molecular formula is C15H26N2O4. The Morgan fingerprint density at radius 3 is 2.76 bits per heavy atom. The number of amides is 2. The van der Waals surface area contributed by atoms with Crippen molar-refractivity contribution < 1.29 is 22.0 Å². The van der Waals surface area contributed by atoms with E-state index in [2.05, 4.69) is 11.9 Å². The van der Waals surface area contributed by atoms with Crippen molar-refractivity contribution in [1.29, 1.82) is 0 Å². The fourth-order valence-electron chi connectivity index (χ4n) is 2.98. The summed E-state index contributed by atoms with van der Waals surface area (Å²) in [7, 11) is 0. The van der Waals surface area contributed by atoms with Crippen molar-refractivity contribution in [1.82, 2.24) is 10.2 Å². The number of carbonyl (C=O) groups is 3. The Hall–Kier alpha value is -1.85. The quantitative estimate of drug-likeness (QED) is 0.609. The van der Waals surface area contributed by atoms with Gasteiger partial charge >= 0.3 is 5.97 Å². The number of hydrogen-bond donors (Lipinski definition) is 1. The molecule has 0 radical (unpaired) electrons. The lowest BCUT2D eigenvalue weighted by molar-refractivity contribution is -0.150. The minimum absolute atomic E-state index is 0. The topological polar surface area (TPSA) is 75.7 Å². The van der Waals surface area contributed by atoms with Crippen molar-refractivity contribution in [3.63, 3.8) is 0 Å². The predicted octanol–water partition coefficient (Wildman–Crippen LogP) is 1.11. The normalized spacial score (nSPS) is 30.7. The molecular weight excluding hydrogens is 272 g/mol. The summed E-state index contributed by atoms with van der Waals surface area (Å²) in [5.74, 6) is -0.919. The Balaban J connectivity index is 0.00000242. The number of hydrogen-bond acceptors (Lipinski definition) is 4. The summed E-state index contributed by atoms with van der Waals surface area (Å²) in [5, 5.41) is 2.80. The minimum atomic E-state index is -0.986. The molecule has 0 aromatic carbocycles. The SMILES string of the molecule is C=C[C@@H]1C[C@]1(NC(=O)[C@@H]1CCCN1C(C)=O)C(=O)OCC.[HH].[HH]. The lowest BCUT2D eigenvalue weighted by Gasteiger charge is -2.25. The van der Waals surface area contributed by atoms with Gasteiger partial charge in [0.05, 0.1) is 6.61 Å². The largest absolute Gasteiger partial charge is 0.464 e. The molecule has 1 aliphatic heterocycles. The first-order valence-electron chi connectivity index (χ1n) is 7.35. The lowest BCUT2D eigenvalue weighted by Crippen LogP contribution is -2.53. The minimum Gasteiger partial charge on any atom is -0.464 e. The lowest BCUT2D eigenvalue weighted by atomic mass is 10.1. The molecule has 21 heavy (non-hydrogen) atoms. The molecule has 0 aromatic heterocycles. The maximum absolute atomic E-state index is 12.4. The van der Waals surface area contributed by atoms with Gasteiger partial charge in [0.1, 0.15) is 11.6 Å². The van der Waals surface area contributed by atoms with Gasteiger partial charge in [-0.05, 0) is 26.2 Å². The van der Waals surface area contributed by atoms with Gasteiger partial charge < -0.3 is 15.0 Å². The molecule has 120 valence electrons. The van der Waals surface area contributed by atoms with Gasteiger partial charge in [-0.25, -0.2) is 4.79 Å². The molecule has 0 aromatic rings. The first-order chi connectivity index (χ1) is 9.96. The van der Waals surface area contributed by atoms with E-state index in [1.54, 1.807) is 17.9 Å². The molecule has 1 heterocycles. The number of likely N-dealkylation sites (tertiary alicyclic amines) is 1. The summed E-state index contributed by atoms with van der Waals surface area (Å²) in [6.45, 7) is 7.72. The molecule has 6 heteroatoms. The van der Waals surface area contributed by atoms with Crippen LogP contribution in [0.1, 0.15) is 36.0 Å². The highest BCUT2D eigenvalue weighted by molar-refractivity contribution is 5.95. The van der Waals surface area contributed by atoms with Crippen LogP contribution in [0.5, 0.6) is 0 Å². The van der Waals surface area contributed by atoms with Crippen molar-refractivity contribution in [2.24, 2.45) is 5.92 Å². The Bertz CT molecular complexity index is 486.